The fraction of sp³-hybridized carbons (Fsp3) is 0.750. The van der Waals surface area contributed by atoms with Crippen LogP contribution in [-0.2, 0) is 27.6 Å². The molecule has 1 radical (unpaired) electrons. The minimum absolute atomic E-state index is 0. The molecular formula is C4H12O2P3V-. The van der Waals surface area contributed by atoms with E-state index in [9.17, 15) is 0 Å². The van der Waals surface area contributed by atoms with Crippen LogP contribution in [0, 0.1) is 6.92 Å². The van der Waals surface area contributed by atoms with Gasteiger partial charge in [-0.2, -0.15) is 6.42 Å². The van der Waals surface area contributed by atoms with Crippen molar-refractivity contribution in [3.05, 3.63) is 6.92 Å². The van der Waals surface area contributed by atoms with Gasteiger partial charge in [-0.1, -0.05) is 8.93 Å². The van der Waals surface area contributed by atoms with Gasteiger partial charge in [0.15, 0.2) is 6.29 Å². The summed E-state index contributed by atoms with van der Waals surface area (Å²) in [4.78, 5) is 0. The third kappa shape index (κ3) is 7.90. The first-order valence-corrected chi connectivity index (χ1v) is 5.80. The Morgan fingerprint density at radius 3 is 2.50 bits per heavy atom. The van der Waals surface area contributed by atoms with Crippen molar-refractivity contribution >= 4 is 26.9 Å². The fourth-order valence-corrected chi connectivity index (χ4v) is 1.48. The summed E-state index contributed by atoms with van der Waals surface area (Å²) in [6, 6.07) is 0. The van der Waals surface area contributed by atoms with E-state index in [1.807, 2.05) is 0 Å². The summed E-state index contributed by atoms with van der Waals surface area (Å²) in [7, 11) is 5.09. The van der Waals surface area contributed by atoms with Gasteiger partial charge in [-0.3, -0.25) is 0 Å². The molecule has 0 aromatic heterocycles. The molecule has 0 rings (SSSR count). The molecule has 0 saturated heterocycles. The van der Waals surface area contributed by atoms with Crippen LogP contribution in [0.15, 0.2) is 0 Å². The first-order chi connectivity index (χ1) is 4.35. The Balaban J connectivity index is 0. The predicted octanol–water partition coefficient (Wildman–Crippen LogP) is 2.13. The van der Waals surface area contributed by atoms with Gasteiger partial charge in [-0.15, -0.1) is 0 Å². The van der Waals surface area contributed by atoms with E-state index in [-0.39, 0.29) is 24.8 Å². The second-order valence-corrected chi connectivity index (χ2v) is 2.89. The monoisotopic (exact) mass is 236 g/mol. The molecule has 0 N–H and O–H groups in total. The molecule has 0 amide bonds. The fourth-order valence-electron chi connectivity index (χ4n) is 0.397. The molecule has 0 spiro atoms. The van der Waals surface area contributed by atoms with Gasteiger partial charge in [0.05, 0.1) is 0 Å². The Bertz CT molecular complexity index is 60.5. The van der Waals surface area contributed by atoms with E-state index in [1.165, 1.54) is 0 Å². The number of hydrogen-bond acceptors (Lipinski definition) is 2. The van der Waals surface area contributed by atoms with E-state index < -0.39 is 0 Å². The van der Waals surface area contributed by atoms with Crippen LogP contribution in [0.25, 0.3) is 0 Å². The van der Waals surface area contributed by atoms with Gasteiger partial charge in [0.1, 0.15) is 0 Å². The van der Waals surface area contributed by atoms with Crippen LogP contribution >= 0.6 is 26.9 Å². The quantitative estimate of drug-likeness (QED) is 0.413. The third-order valence-corrected chi connectivity index (χ3v) is 1.90. The summed E-state index contributed by atoms with van der Waals surface area (Å²) in [5, 5.41) is 0. The van der Waals surface area contributed by atoms with Crippen molar-refractivity contribution in [3.8, 4) is 0 Å². The number of rotatable bonds is 5. The zero-order valence-electron chi connectivity index (χ0n) is 5.62. The van der Waals surface area contributed by atoms with Crippen molar-refractivity contribution in [2.24, 2.45) is 0 Å². The van der Waals surface area contributed by atoms with Crippen LogP contribution in [-0.4, -0.2) is 6.29 Å². The zero-order chi connectivity index (χ0) is 7.11. The smallest absolute Gasteiger partial charge is 0.162 e. The molecule has 0 aliphatic rings. The maximum absolute atomic E-state index is 5.14. The summed E-state index contributed by atoms with van der Waals surface area (Å²) in [5.74, 6) is 0. The molecule has 0 saturated carbocycles. The molecule has 0 aromatic carbocycles. The Morgan fingerprint density at radius 2 is 2.20 bits per heavy atom. The van der Waals surface area contributed by atoms with Crippen molar-refractivity contribution < 1.29 is 27.6 Å². The van der Waals surface area contributed by atoms with Crippen molar-refractivity contribution in [2.45, 2.75) is 19.1 Å². The molecule has 0 aliphatic carbocycles. The molecule has 0 aromatic rings. The molecule has 4 unspecified atom stereocenters. The van der Waals surface area contributed by atoms with Gasteiger partial charge in [-0.05, 0) is 6.42 Å². The van der Waals surface area contributed by atoms with E-state index in [1.54, 1.807) is 0 Å². The van der Waals surface area contributed by atoms with Crippen LogP contribution in [0.2, 0.25) is 0 Å². The van der Waals surface area contributed by atoms with E-state index >= 15 is 0 Å². The zero-order valence-corrected chi connectivity index (χ0v) is 10.3. The minimum Gasteiger partial charge on any atom is -0.343 e. The van der Waals surface area contributed by atoms with Crippen molar-refractivity contribution in [1.82, 2.24) is 0 Å². The second-order valence-electron chi connectivity index (χ2n) is 1.44. The molecule has 6 heteroatoms. The molecule has 61 valence electrons. The summed E-state index contributed by atoms with van der Waals surface area (Å²) in [5.41, 5.74) is 0. The number of hydrogen-bond donors (Lipinski definition) is 0. The average molecular weight is 236 g/mol. The van der Waals surface area contributed by atoms with Crippen LogP contribution < -0.4 is 0 Å². The first-order valence-electron chi connectivity index (χ1n) is 2.61. The maximum atomic E-state index is 5.14. The summed E-state index contributed by atoms with van der Waals surface area (Å²) >= 11 is 0. The van der Waals surface area contributed by atoms with Gasteiger partial charge in [0.25, 0.3) is 0 Å². The molecule has 2 nitrogen and oxygen atoms in total. The Kier molecular flexibility index (Phi) is 15.5. The van der Waals surface area contributed by atoms with Crippen LogP contribution in [0.1, 0.15) is 12.8 Å². The van der Waals surface area contributed by atoms with Gasteiger partial charge in [0, 0.05) is 36.5 Å². The standard InChI is InChI=1S/C4H12O2P3.V/c1-2-3-4(5-7)6-9-8;/h4,9H,1-3,7-8H2;/q-1;. The largest absolute Gasteiger partial charge is 0.343 e. The first kappa shape index (κ1) is 14.3. The van der Waals surface area contributed by atoms with Gasteiger partial charge in [0.2, 0.25) is 0 Å². The molecular weight excluding hydrogens is 224 g/mol. The molecule has 0 aliphatic heterocycles. The Hall–Kier alpha value is 1.79. The van der Waals surface area contributed by atoms with Gasteiger partial charge < -0.3 is 16.0 Å². The van der Waals surface area contributed by atoms with Gasteiger partial charge in [-0.25, -0.2) is 0 Å². The van der Waals surface area contributed by atoms with E-state index in [0.29, 0.717) is 8.50 Å². The van der Waals surface area contributed by atoms with Crippen LogP contribution in [0.5, 0.6) is 0 Å². The minimum atomic E-state index is -0.0941. The average Bonchev–Trinajstić information content (AvgIpc) is 1.88. The van der Waals surface area contributed by atoms with E-state index in [0.717, 1.165) is 12.8 Å². The van der Waals surface area contributed by atoms with E-state index in [4.69, 9.17) is 9.05 Å². The third-order valence-electron chi connectivity index (χ3n) is 0.791. The normalized spacial score (nSPS) is 13.5. The SMILES string of the molecule is [CH2-]CCC(OP)OPP.[V]. The maximum Gasteiger partial charge on any atom is 0.162 e. The summed E-state index contributed by atoms with van der Waals surface area (Å²) in [6.07, 6.45) is 1.60. The topological polar surface area (TPSA) is 18.5 Å². The van der Waals surface area contributed by atoms with Crippen LogP contribution in [0.4, 0.5) is 0 Å². The van der Waals surface area contributed by atoms with Gasteiger partial charge >= 0.3 is 0 Å². The Morgan fingerprint density at radius 1 is 1.60 bits per heavy atom. The summed E-state index contributed by atoms with van der Waals surface area (Å²) < 4.78 is 10.0. The molecule has 0 fully saturated rings. The van der Waals surface area contributed by atoms with Crippen molar-refractivity contribution in [3.63, 3.8) is 0 Å². The second kappa shape index (κ2) is 10.8. The van der Waals surface area contributed by atoms with E-state index in [2.05, 4.69) is 25.3 Å². The molecule has 4 atom stereocenters. The van der Waals surface area contributed by atoms with Crippen molar-refractivity contribution in [2.75, 3.05) is 0 Å². The summed E-state index contributed by atoms with van der Waals surface area (Å²) in [6.45, 7) is 3.68. The molecule has 0 bridgehead atoms. The molecule has 0 heterocycles. The Labute approximate surface area is 80.7 Å². The van der Waals surface area contributed by atoms with Crippen LogP contribution in [0.3, 0.4) is 0 Å². The molecule has 10 heavy (non-hydrogen) atoms. The predicted molar refractivity (Wildman–Crippen MR) is 48.3 cm³/mol. The van der Waals surface area contributed by atoms with Crippen molar-refractivity contribution in [1.29, 1.82) is 0 Å².